The second-order valence-corrected chi connectivity index (χ2v) is 5.42. The fraction of sp³-hybridized carbons (Fsp3) is 0.188. The van der Waals surface area contributed by atoms with Gasteiger partial charge in [0.15, 0.2) is 0 Å². The molecule has 1 unspecified atom stereocenters. The Labute approximate surface area is 135 Å². The van der Waals surface area contributed by atoms with Gasteiger partial charge in [-0.05, 0) is 30.2 Å². The molecule has 24 heavy (non-hydrogen) atoms. The first-order chi connectivity index (χ1) is 11.4. The third-order valence-corrected chi connectivity index (χ3v) is 3.88. The van der Waals surface area contributed by atoms with Gasteiger partial charge in [0.1, 0.15) is 6.04 Å². The number of nitrogens with one attached hydrogen (secondary N) is 1. The van der Waals surface area contributed by atoms with Crippen LogP contribution in [0.3, 0.4) is 0 Å². The Hall–Kier alpha value is -3.29. The fourth-order valence-electron chi connectivity index (χ4n) is 2.76. The van der Waals surface area contributed by atoms with Crippen LogP contribution in [0.4, 0.5) is 0 Å². The lowest BCUT2D eigenvalue weighted by molar-refractivity contribution is -0.136. The summed E-state index contributed by atoms with van der Waals surface area (Å²) < 4.78 is 0. The maximum absolute atomic E-state index is 12.5. The van der Waals surface area contributed by atoms with E-state index in [2.05, 4.69) is 5.32 Å². The minimum absolute atomic E-state index is 0.0520. The number of hydrogen-bond acceptors (Lipinski definition) is 5. The first kappa shape index (κ1) is 15.6. The van der Waals surface area contributed by atoms with E-state index in [0.29, 0.717) is 5.56 Å². The number of carbonyl (C=O) groups is 5. The second-order valence-electron chi connectivity index (χ2n) is 5.42. The summed E-state index contributed by atoms with van der Waals surface area (Å²) in [5.41, 5.74) is 0.705. The maximum Gasteiger partial charge on any atom is 0.328 e. The zero-order valence-electron chi connectivity index (χ0n) is 12.3. The monoisotopic (exact) mass is 328 g/mol. The lowest BCUT2D eigenvalue weighted by atomic mass is 10.0. The van der Waals surface area contributed by atoms with Crippen molar-refractivity contribution < 1.29 is 29.1 Å². The van der Waals surface area contributed by atoms with Gasteiger partial charge in [-0.3, -0.25) is 29.4 Å². The van der Waals surface area contributed by atoms with Gasteiger partial charge in [-0.25, -0.2) is 4.79 Å². The van der Waals surface area contributed by atoms with Crippen LogP contribution in [0.2, 0.25) is 0 Å². The maximum atomic E-state index is 12.5. The number of carbonyl (C=O) groups excluding carboxylic acids is 4. The molecule has 0 radical (unpaired) electrons. The average molecular weight is 328 g/mol. The van der Waals surface area contributed by atoms with Gasteiger partial charge in [0.2, 0.25) is 11.8 Å². The first-order valence-electron chi connectivity index (χ1n) is 7.15. The summed E-state index contributed by atoms with van der Waals surface area (Å²) in [4.78, 5) is 59.5. The molecule has 0 aliphatic carbocycles. The Bertz CT molecular complexity index is 826. The quantitative estimate of drug-likeness (QED) is 0.603. The molecule has 1 fully saturated rings. The minimum atomic E-state index is -1.14. The van der Waals surface area contributed by atoms with Gasteiger partial charge < -0.3 is 5.11 Å². The molecule has 2 N–H and O–H groups in total. The van der Waals surface area contributed by atoms with Crippen molar-refractivity contribution in [2.75, 3.05) is 0 Å². The predicted octanol–water partition coefficient (Wildman–Crippen LogP) is 0.186. The Kier molecular flexibility index (Phi) is 3.72. The lowest BCUT2D eigenvalue weighted by Gasteiger charge is -2.27. The number of carboxylic acid groups (broad SMARTS) is 1. The van der Waals surface area contributed by atoms with E-state index >= 15 is 0 Å². The fourth-order valence-corrected chi connectivity index (χ4v) is 2.76. The Balaban J connectivity index is 1.92. The second kappa shape index (κ2) is 5.73. The molecule has 1 saturated heterocycles. The molecular formula is C16H12N2O6. The molecule has 0 spiro atoms. The molecule has 0 aromatic heterocycles. The van der Waals surface area contributed by atoms with Gasteiger partial charge in [-0.2, -0.15) is 0 Å². The number of hydrogen-bond donors (Lipinski definition) is 2. The van der Waals surface area contributed by atoms with Crippen LogP contribution in [0, 0.1) is 0 Å². The molecule has 1 aromatic carbocycles. The number of carboxylic acids is 1. The standard InChI is InChI=1S/C16H12N2O6/c19-12-5-4-11(14(22)17-12)18-15(23)9-3-1-8(2-6-13(20)21)7-10(9)16(18)24/h1-3,6-7,11H,4-5H2,(H,20,21)(H,17,19,22). The Morgan fingerprint density at radius 1 is 1.17 bits per heavy atom. The molecule has 0 bridgehead atoms. The molecule has 0 saturated carbocycles. The van der Waals surface area contributed by atoms with Gasteiger partial charge in [0.25, 0.3) is 11.8 Å². The summed E-state index contributed by atoms with van der Waals surface area (Å²) >= 11 is 0. The normalized spacial score (nSPS) is 20.5. The summed E-state index contributed by atoms with van der Waals surface area (Å²) in [5.74, 6) is -3.47. The van der Waals surface area contributed by atoms with E-state index in [1.54, 1.807) is 0 Å². The summed E-state index contributed by atoms with van der Waals surface area (Å²) in [5, 5.41) is 10.8. The van der Waals surface area contributed by atoms with Gasteiger partial charge in [-0.15, -0.1) is 0 Å². The summed E-state index contributed by atoms with van der Waals surface area (Å²) in [6.07, 6.45) is 2.36. The number of fused-ring (bicyclic) bond motifs is 1. The smallest absolute Gasteiger partial charge is 0.328 e. The molecule has 8 nitrogen and oxygen atoms in total. The van der Waals surface area contributed by atoms with Crippen molar-refractivity contribution in [3.8, 4) is 0 Å². The van der Waals surface area contributed by atoms with Crippen LogP contribution in [0.5, 0.6) is 0 Å². The SMILES string of the molecule is O=C(O)C=Cc1ccc2c(c1)C(=O)N(C1CCC(=O)NC1=O)C2=O. The number of aliphatic carboxylic acids is 1. The van der Waals surface area contributed by atoms with Crippen LogP contribution in [0.15, 0.2) is 24.3 Å². The van der Waals surface area contributed by atoms with Gasteiger partial charge in [-0.1, -0.05) is 6.07 Å². The van der Waals surface area contributed by atoms with Crippen molar-refractivity contribution in [2.45, 2.75) is 18.9 Å². The number of rotatable bonds is 3. The van der Waals surface area contributed by atoms with Crippen molar-refractivity contribution in [2.24, 2.45) is 0 Å². The lowest BCUT2D eigenvalue weighted by Crippen LogP contribution is -2.54. The van der Waals surface area contributed by atoms with Crippen LogP contribution >= 0.6 is 0 Å². The highest BCUT2D eigenvalue weighted by atomic mass is 16.4. The third kappa shape index (κ3) is 2.58. The van der Waals surface area contributed by atoms with E-state index in [9.17, 15) is 24.0 Å². The highest BCUT2D eigenvalue weighted by molar-refractivity contribution is 6.23. The van der Waals surface area contributed by atoms with Crippen LogP contribution in [0.1, 0.15) is 39.1 Å². The highest BCUT2D eigenvalue weighted by Crippen LogP contribution is 2.28. The van der Waals surface area contributed by atoms with Crippen molar-refractivity contribution >= 4 is 35.7 Å². The summed E-state index contributed by atoms with van der Waals surface area (Å²) in [6.45, 7) is 0. The highest BCUT2D eigenvalue weighted by Gasteiger charge is 2.44. The number of benzene rings is 1. The first-order valence-corrected chi connectivity index (χ1v) is 7.15. The van der Waals surface area contributed by atoms with E-state index in [4.69, 9.17) is 5.11 Å². The minimum Gasteiger partial charge on any atom is -0.478 e. The third-order valence-electron chi connectivity index (χ3n) is 3.88. The van der Waals surface area contributed by atoms with Gasteiger partial charge in [0.05, 0.1) is 11.1 Å². The molecule has 8 heteroatoms. The topological polar surface area (TPSA) is 121 Å². The zero-order chi connectivity index (χ0) is 17.4. The van der Waals surface area contributed by atoms with E-state index in [-0.39, 0.29) is 24.0 Å². The molecule has 2 heterocycles. The molecule has 1 atom stereocenters. The molecule has 4 amide bonds. The van der Waals surface area contributed by atoms with E-state index in [0.717, 1.165) is 11.0 Å². The summed E-state index contributed by atoms with van der Waals surface area (Å²) in [6, 6.07) is 3.31. The van der Waals surface area contributed by atoms with Crippen LogP contribution in [0.25, 0.3) is 6.08 Å². The molecule has 3 rings (SSSR count). The average Bonchev–Trinajstić information content (AvgIpc) is 2.77. The number of imide groups is 2. The van der Waals surface area contributed by atoms with E-state index in [1.807, 2.05) is 0 Å². The van der Waals surface area contributed by atoms with Crippen LogP contribution < -0.4 is 5.32 Å². The van der Waals surface area contributed by atoms with E-state index in [1.165, 1.54) is 24.3 Å². The Morgan fingerprint density at radius 2 is 1.88 bits per heavy atom. The Morgan fingerprint density at radius 3 is 2.54 bits per heavy atom. The molecular weight excluding hydrogens is 316 g/mol. The number of piperidine rings is 1. The van der Waals surface area contributed by atoms with Gasteiger partial charge in [0, 0.05) is 12.5 Å². The summed E-state index contributed by atoms with van der Waals surface area (Å²) in [7, 11) is 0. The molecule has 122 valence electrons. The molecule has 2 aliphatic rings. The van der Waals surface area contributed by atoms with E-state index < -0.39 is 35.6 Å². The van der Waals surface area contributed by atoms with Crippen molar-refractivity contribution in [3.63, 3.8) is 0 Å². The predicted molar refractivity (Wildman–Crippen MR) is 79.8 cm³/mol. The largest absolute Gasteiger partial charge is 0.478 e. The van der Waals surface area contributed by atoms with Crippen molar-refractivity contribution in [1.82, 2.24) is 10.2 Å². The zero-order valence-corrected chi connectivity index (χ0v) is 12.3. The van der Waals surface area contributed by atoms with Crippen molar-refractivity contribution in [1.29, 1.82) is 0 Å². The van der Waals surface area contributed by atoms with Gasteiger partial charge >= 0.3 is 5.97 Å². The molecule has 1 aromatic rings. The van der Waals surface area contributed by atoms with Crippen LogP contribution in [-0.4, -0.2) is 45.6 Å². The number of amides is 4. The van der Waals surface area contributed by atoms with Crippen molar-refractivity contribution in [3.05, 3.63) is 41.0 Å². The van der Waals surface area contributed by atoms with Crippen LogP contribution in [-0.2, 0) is 14.4 Å². The number of nitrogens with zero attached hydrogens (tertiary/aromatic N) is 1. The molecule has 2 aliphatic heterocycles.